The third-order valence-corrected chi connectivity index (χ3v) is 9.52. The van der Waals surface area contributed by atoms with Gasteiger partial charge in [0.1, 0.15) is 23.5 Å². The Balaban J connectivity index is 1.99. The number of nitrogens with one attached hydrogen (secondary N) is 1. The van der Waals surface area contributed by atoms with Crippen molar-refractivity contribution in [2.24, 2.45) is 0 Å². The van der Waals surface area contributed by atoms with Gasteiger partial charge in [-0.3, -0.25) is 4.79 Å². The molecule has 0 aliphatic carbocycles. The van der Waals surface area contributed by atoms with Gasteiger partial charge in [0.2, 0.25) is 0 Å². The molecular weight excluding hydrogens is 576 g/mol. The number of hydrogen-bond acceptors (Lipinski definition) is 9. The molecule has 0 spiro atoms. The fraction of sp³-hybridized carbons (Fsp3) is 0.467. The maximum atomic E-state index is 13.8. The Morgan fingerprint density at radius 3 is 2.40 bits per heavy atom. The Kier molecular flexibility index (Phi) is 10.9. The van der Waals surface area contributed by atoms with Crippen molar-refractivity contribution in [1.29, 1.82) is 0 Å². The first-order valence-corrected chi connectivity index (χ1v) is 16.1. The summed E-state index contributed by atoms with van der Waals surface area (Å²) in [5.74, 6) is -1.83. The van der Waals surface area contributed by atoms with Crippen molar-refractivity contribution in [2.75, 3.05) is 11.9 Å². The van der Waals surface area contributed by atoms with Crippen molar-refractivity contribution < 1.29 is 27.9 Å². The van der Waals surface area contributed by atoms with Crippen LogP contribution in [-0.4, -0.2) is 51.9 Å². The molecule has 0 bridgehead atoms. The van der Waals surface area contributed by atoms with Gasteiger partial charge in [0.25, 0.3) is 10.0 Å². The number of carboxylic acid groups (broad SMARTS) is 1. The van der Waals surface area contributed by atoms with Crippen LogP contribution in [0.4, 0.5) is 5.82 Å². The quantitative estimate of drug-likeness (QED) is 0.214. The molecule has 0 amide bonds. The zero-order chi connectivity index (χ0) is 31.1. The molecule has 12 heteroatoms. The fourth-order valence-corrected chi connectivity index (χ4v) is 6.72. The number of aliphatic carboxylic acids is 1. The molecule has 0 unspecified atom stereocenters. The molecule has 0 aliphatic rings. The van der Waals surface area contributed by atoms with Gasteiger partial charge in [-0.1, -0.05) is 39.7 Å². The zero-order valence-electron chi connectivity index (χ0n) is 25.0. The van der Waals surface area contributed by atoms with Crippen LogP contribution in [0.25, 0.3) is 0 Å². The minimum Gasteiger partial charge on any atom is -0.480 e. The highest BCUT2D eigenvalue weighted by atomic mass is 32.2. The summed E-state index contributed by atoms with van der Waals surface area (Å²) in [6.45, 7) is 11.2. The van der Waals surface area contributed by atoms with Gasteiger partial charge >= 0.3 is 11.9 Å². The van der Waals surface area contributed by atoms with E-state index in [0.717, 1.165) is 24.1 Å². The van der Waals surface area contributed by atoms with Crippen LogP contribution in [0.5, 0.6) is 0 Å². The first kappa shape index (κ1) is 33.2. The third kappa shape index (κ3) is 9.07. The second-order valence-electron chi connectivity index (χ2n) is 11.6. The first-order chi connectivity index (χ1) is 19.6. The molecule has 3 aromatic heterocycles. The summed E-state index contributed by atoms with van der Waals surface area (Å²) in [7, 11) is -4.04. The number of aromatic nitrogens is 2. The number of unbranched alkanes of at least 4 members (excludes halogenated alkanes) is 1. The van der Waals surface area contributed by atoms with Crippen LogP contribution < -0.4 is 5.32 Å². The van der Waals surface area contributed by atoms with E-state index in [4.69, 9.17) is 4.74 Å². The van der Waals surface area contributed by atoms with Gasteiger partial charge < -0.3 is 15.2 Å². The summed E-state index contributed by atoms with van der Waals surface area (Å²) in [5.41, 5.74) is -0.452. The number of sulfonamides is 1. The number of anilines is 1. The molecule has 0 atom stereocenters. The van der Waals surface area contributed by atoms with Gasteiger partial charge in [0.05, 0.1) is 12.2 Å². The Labute approximate surface area is 252 Å². The standard InChI is InChI=1S/C30H40N4O6S2/c1-7-8-16-30(5,6)24-15-13-22(41-24)20-34(42(38,39)25-11-9-10-17-31-25)19-21-12-14-23(28(37)40-29(2,3)4)27(33-21)32-18-26(35)36/h9-15,17H,7-8,16,18-20H2,1-6H3,(H,32,33)(H,35,36). The third-order valence-electron chi connectivity index (χ3n) is 6.38. The van der Waals surface area contributed by atoms with E-state index >= 15 is 0 Å². The number of rotatable bonds is 14. The Morgan fingerprint density at radius 1 is 1.05 bits per heavy atom. The molecule has 0 saturated heterocycles. The predicted molar refractivity (Wildman–Crippen MR) is 163 cm³/mol. The molecule has 3 aromatic rings. The number of carbonyl (C=O) groups is 2. The summed E-state index contributed by atoms with van der Waals surface area (Å²) in [5, 5.41) is 11.8. The molecule has 0 aliphatic heterocycles. The predicted octanol–water partition coefficient (Wildman–Crippen LogP) is 5.85. The summed E-state index contributed by atoms with van der Waals surface area (Å²) in [4.78, 5) is 34.7. The lowest BCUT2D eigenvalue weighted by Crippen LogP contribution is -2.31. The van der Waals surface area contributed by atoms with Crippen molar-refractivity contribution >= 4 is 39.1 Å². The SMILES string of the molecule is CCCCC(C)(C)c1ccc(CN(Cc2ccc(C(=O)OC(C)(C)C)c(NCC(=O)O)n2)S(=O)(=O)c2ccccn2)s1. The summed E-state index contributed by atoms with van der Waals surface area (Å²) >= 11 is 1.58. The van der Waals surface area contributed by atoms with Crippen LogP contribution in [0, 0.1) is 0 Å². The van der Waals surface area contributed by atoms with Crippen molar-refractivity contribution in [3.63, 3.8) is 0 Å². The van der Waals surface area contributed by atoms with Crippen LogP contribution in [-0.2, 0) is 38.1 Å². The number of hydrogen-bond donors (Lipinski definition) is 2. The normalized spacial score (nSPS) is 12.4. The topological polar surface area (TPSA) is 139 Å². The number of esters is 1. The van der Waals surface area contributed by atoms with Crippen molar-refractivity contribution in [3.05, 3.63) is 69.7 Å². The molecule has 0 aromatic carbocycles. The zero-order valence-corrected chi connectivity index (χ0v) is 26.6. The van der Waals surface area contributed by atoms with E-state index in [-0.39, 0.29) is 34.9 Å². The van der Waals surface area contributed by atoms with E-state index in [1.165, 1.54) is 27.5 Å². The molecule has 42 heavy (non-hydrogen) atoms. The van der Waals surface area contributed by atoms with Gasteiger partial charge in [-0.15, -0.1) is 11.3 Å². The number of thiophene rings is 1. The van der Waals surface area contributed by atoms with E-state index in [2.05, 4.69) is 42.1 Å². The molecule has 10 nitrogen and oxygen atoms in total. The fourth-order valence-electron chi connectivity index (χ4n) is 4.16. The Hall–Kier alpha value is -3.35. The molecule has 228 valence electrons. The van der Waals surface area contributed by atoms with Gasteiger partial charge in [0.15, 0.2) is 5.03 Å². The van der Waals surface area contributed by atoms with E-state index < -0.39 is 34.1 Å². The molecule has 3 heterocycles. The number of nitrogens with zero attached hydrogens (tertiary/aromatic N) is 3. The maximum absolute atomic E-state index is 13.8. The van der Waals surface area contributed by atoms with Gasteiger partial charge in [-0.05, 0) is 69.0 Å². The van der Waals surface area contributed by atoms with Gasteiger partial charge in [0, 0.05) is 22.5 Å². The smallest absolute Gasteiger partial charge is 0.342 e. The van der Waals surface area contributed by atoms with E-state index in [1.807, 2.05) is 6.07 Å². The summed E-state index contributed by atoms with van der Waals surface area (Å²) in [6, 6.07) is 11.7. The highest BCUT2D eigenvalue weighted by molar-refractivity contribution is 7.89. The van der Waals surface area contributed by atoms with E-state index in [9.17, 15) is 23.1 Å². The first-order valence-electron chi connectivity index (χ1n) is 13.8. The summed E-state index contributed by atoms with van der Waals surface area (Å²) < 4.78 is 34.3. The largest absolute Gasteiger partial charge is 0.480 e. The lowest BCUT2D eigenvalue weighted by Gasteiger charge is -2.24. The second kappa shape index (κ2) is 13.7. The minimum absolute atomic E-state index is 0.00424. The molecule has 0 radical (unpaired) electrons. The average Bonchev–Trinajstić information content (AvgIpc) is 3.40. The van der Waals surface area contributed by atoms with E-state index in [1.54, 1.807) is 50.3 Å². The highest BCUT2D eigenvalue weighted by Crippen LogP contribution is 2.35. The average molecular weight is 617 g/mol. The second-order valence-corrected chi connectivity index (χ2v) is 14.7. The molecule has 3 rings (SSSR count). The highest BCUT2D eigenvalue weighted by Gasteiger charge is 2.29. The minimum atomic E-state index is -4.04. The Morgan fingerprint density at radius 2 is 1.79 bits per heavy atom. The molecular formula is C30H40N4O6S2. The Bertz CT molecular complexity index is 1480. The van der Waals surface area contributed by atoms with E-state index in [0.29, 0.717) is 5.69 Å². The molecule has 0 fully saturated rings. The van der Waals surface area contributed by atoms with Gasteiger partial charge in [-0.2, -0.15) is 4.31 Å². The van der Waals surface area contributed by atoms with Crippen LogP contribution in [0.3, 0.4) is 0 Å². The number of ether oxygens (including phenoxy) is 1. The molecule has 2 N–H and O–H groups in total. The van der Waals surface area contributed by atoms with Crippen molar-refractivity contribution in [3.8, 4) is 0 Å². The maximum Gasteiger partial charge on any atom is 0.342 e. The number of pyridine rings is 2. The monoisotopic (exact) mass is 616 g/mol. The van der Waals surface area contributed by atoms with Gasteiger partial charge in [-0.25, -0.2) is 23.2 Å². The van der Waals surface area contributed by atoms with Crippen molar-refractivity contribution in [2.45, 2.75) is 89.9 Å². The number of carbonyl (C=O) groups excluding carboxylic acids is 1. The summed E-state index contributed by atoms with van der Waals surface area (Å²) in [6.07, 6.45) is 4.65. The van der Waals surface area contributed by atoms with Crippen LogP contribution in [0.1, 0.15) is 86.6 Å². The van der Waals surface area contributed by atoms with Crippen LogP contribution in [0.2, 0.25) is 0 Å². The molecule has 0 saturated carbocycles. The lowest BCUT2D eigenvalue weighted by atomic mass is 9.86. The van der Waals surface area contributed by atoms with Crippen LogP contribution in [0.15, 0.2) is 53.7 Å². The lowest BCUT2D eigenvalue weighted by molar-refractivity contribution is -0.134. The van der Waals surface area contributed by atoms with Crippen LogP contribution >= 0.6 is 11.3 Å². The number of carboxylic acids is 1. The van der Waals surface area contributed by atoms with Crippen molar-refractivity contribution in [1.82, 2.24) is 14.3 Å².